The van der Waals surface area contributed by atoms with Gasteiger partial charge in [0.15, 0.2) is 9.78 Å². The van der Waals surface area contributed by atoms with Crippen LogP contribution in [0, 0.1) is 0 Å². The van der Waals surface area contributed by atoms with Gasteiger partial charge in [0.05, 0.1) is 5.69 Å². The van der Waals surface area contributed by atoms with Crippen molar-refractivity contribution in [1.82, 2.24) is 5.32 Å². The Kier molecular flexibility index (Phi) is 4.34. The van der Waals surface area contributed by atoms with Gasteiger partial charge in [-0.25, -0.2) is 0 Å². The minimum absolute atomic E-state index is 0.0000390. The third-order valence-corrected chi connectivity index (χ3v) is 3.99. The highest BCUT2D eigenvalue weighted by molar-refractivity contribution is 9.10. The first-order valence-electron chi connectivity index (χ1n) is 6.38. The molecule has 0 atom stereocenters. The first kappa shape index (κ1) is 15.9. The Balaban J connectivity index is 2.02. The fourth-order valence-corrected chi connectivity index (χ4v) is 2.84. The minimum atomic E-state index is -0.578. The zero-order chi connectivity index (χ0) is 16.6. The lowest BCUT2D eigenvalue weighted by atomic mass is 10.1. The largest absolute Gasteiger partial charge is 0.450 e. The summed E-state index contributed by atoms with van der Waals surface area (Å²) in [5.74, 6) is -0.756. The Morgan fingerprint density at radius 2 is 2.04 bits per heavy atom. The van der Waals surface area contributed by atoms with E-state index in [1.54, 1.807) is 36.4 Å². The van der Waals surface area contributed by atoms with Crippen LogP contribution < -0.4 is 10.2 Å². The summed E-state index contributed by atoms with van der Waals surface area (Å²) in [5.41, 5.74) is 0.388. The lowest BCUT2D eigenvalue weighted by Crippen LogP contribution is -2.54. The highest BCUT2D eigenvalue weighted by atomic mass is 79.9. The van der Waals surface area contributed by atoms with E-state index in [0.717, 1.165) is 0 Å². The second kappa shape index (κ2) is 6.27. The maximum absolute atomic E-state index is 12.7. The maximum atomic E-state index is 12.7. The van der Waals surface area contributed by atoms with E-state index in [9.17, 15) is 9.59 Å². The summed E-state index contributed by atoms with van der Waals surface area (Å²) in [7, 11) is 0. The molecule has 23 heavy (non-hydrogen) atoms. The van der Waals surface area contributed by atoms with Crippen LogP contribution in [-0.2, 0) is 9.59 Å². The number of carbonyl (C=O) groups is 2. The molecule has 8 heteroatoms. The number of hydrogen-bond acceptors (Lipinski definition) is 4. The van der Waals surface area contributed by atoms with Crippen molar-refractivity contribution in [2.24, 2.45) is 0 Å². The zero-order valence-electron chi connectivity index (χ0n) is 11.4. The molecule has 1 fully saturated rings. The van der Waals surface area contributed by atoms with E-state index in [1.165, 1.54) is 11.0 Å². The van der Waals surface area contributed by atoms with Gasteiger partial charge in [-0.2, -0.15) is 0 Å². The van der Waals surface area contributed by atoms with Crippen molar-refractivity contribution < 1.29 is 14.0 Å². The monoisotopic (exact) mass is 410 g/mol. The van der Waals surface area contributed by atoms with Gasteiger partial charge in [0.25, 0.3) is 11.8 Å². The van der Waals surface area contributed by atoms with Gasteiger partial charge >= 0.3 is 0 Å². The highest BCUT2D eigenvalue weighted by Gasteiger charge is 2.34. The topological polar surface area (TPSA) is 62.6 Å². The molecule has 0 spiro atoms. The van der Waals surface area contributed by atoms with E-state index >= 15 is 0 Å². The van der Waals surface area contributed by atoms with Crippen molar-refractivity contribution in [2.45, 2.75) is 0 Å². The van der Waals surface area contributed by atoms with Gasteiger partial charge in [-0.3, -0.25) is 19.8 Å². The molecule has 0 saturated carbocycles. The fourth-order valence-electron chi connectivity index (χ4n) is 2.06. The Hall–Kier alpha value is -1.96. The number of nitrogens with one attached hydrogen (secondary N) is 1. The smallest absolute Gasteiger partial charge is 0.270 e. The van der Waals surface area contributed by atoms with Crippen molar-refractivity contribution in [3.05, 3.63) is 57.4 Å². The number of halogens is 2. The number of rotatable bonds is 2. The van der Waals surface area contributed by atoms with E-state index in [1.807, 2.05) is 0 Å². The molecule has 0 bridgehead atoms. The Morgan fingerprint density at radius 3 is 2.70 bits per heavy atom. The second-order valence-electron chi connectivity index (χ2n) is 4.58. The van der Waals surface area contributed by atoms with Crippen LogP contribution in [-0.4, -0.2) is 16.9 Å². The molecule has 1 aliphatic heterocycles. The summed E-state index contributed by atoms with van der Waals surface area (Å²) in [6.07, 6.45) is 1.36. The van der Waals surface area contributed by atoms with Crippen LogP contribution >= 0.6 is 39.7 Å². The lowest BCUT2D eigenvalue weighted by Gasteiger charge is -2.28. The summed E-state index contributed by atoms with van der Waals surface area (Å²) in [5, 5.41) is 2.94. The quantitative estimate of drug-likeness (QED) is 0.466. The molecule has 1 aromatic heterocycles. The second-order valence-corrected chi connectivity index (χ2v) is 6.18. The fraction of sp³-hybridized carbons (Fsp3) is 0. The van der Waals surface area contributed by atoms with E-state index < -0.39 is 11.8 Å². The van der Waals surface area contributed by atoms with Gasteiger partial charge in [-0.05, 0) is 64.6 Å². The van der Waals surface area contributed by atoms with Gasteiger partial charge < -0.3 is 4.42 Å². The molecular formula is C15H8BrClN2O3S. The van der Waals surface area contributed by atoms with Crippen LogP contribution in [0.15, 0.2) is 51.1 Å². The molecule has 0 aliphatic carbocycles. The zero-order valence-corrected chi connectivity index (χ0v) is 14.5. The van der Waals surface area contributed by atoms with Crippen LogP contribution in [0.5, 0.6) is 0 Å². The third kappa shape index (κ3) is 3.21. The molecule has 1 N–H and O–H groups in total. The van der Waals surface area contributed by atoms with Crippen LogP contribution in [0.4, 0.5) is 5.69 Å². The number of anilines is 1. The molecule has 116 valence electrons. The molecule has 5 nitrogen and oxygen atoms in total. The molecule has 0 radical (unpaired) electrons. The Morgan fingerprint density at radius 1 is 1.26 bits per heavy atom. The molecular weight excluding hydrogens is 404 g/mol. The van der Waals surface area contributed by atoms with E-state index in [0.29, 0.717) is 21.1 Å². The molecule has 3 rings (SSSR count). The standard InChI is InChI=1S/C15H8BrClN2O3S/c16-12-5-4-10(22-12)7-11-13(20)18-15(23)19(14(11)21)9-3-1-2-8(17)6-9/h1-7H,(H,18,20,23)/b11-7+. The van der Waals surface area contributed by atoms with Crippen molar-refractivity contribution in [3.63, 3.8) is 0 Å². The predicted molar refractivity (Wildman–Crippen MR) is 94.1 cm³/mol. The molecule has 2 heterocycles. The van der Waals surface area contributed by atoms with Gasteiger partial charge in [0, 0.05) is 5.02 Å². The maximum Gasteiger partial charge on any atom is 0.270 e. The first-order chi connectivity index (χ1) is 11.0. The summed E-state index contributed by atoms with van der Waals surface area (Å²) >= 11 is 14.2. The summed E-state index contributed by atoms with van der Waals surface area (Å²) in [6, 6.07) is 9.93. The summed E-state index contributed by atoms with van der Waals surface area (Å²) < 4.78 is 5.80. The number of nitrogens with zero attached hydrogens (tertiary/aromatic N) is 1. The number of amides is 2. The van der Waals surface area contributed by atoms with Crippen molar-refractivity contribution in [3.8, 4) is 0 Å². The average Bonchev–Trinajstić information content (AvgIpc) is 2.89. The van der Waals surface area contributed by atoms with Crippen LogP contribution in [0.2, 0.25) is 5.02 Å². The molecule has 1 aliphatic rings. The first-order valence-corrected chi connectivity index (χ1v) is 7.96. The number of thiocarbonyl (C=S) groups is 1. The van der Waals surface area contributed by atoms with E-state index in [4.69, 9.17) is 28.2 Å². The van der Waals surface area contributed by atoms with Crippen molar-refractivity contribution in [2.75, 3.05) is 4.90 Å². The van der Waals surface area contributed by atoms with E-state index in [-0.39, 0.29) is 10.7 Å². The molecule has 1 saturated heterocycles. The normalized spacial score (nSPS) is 16.9. The number of benzene rings is 1. The number of carbonyl (C=O) groups excluding carboxylic acids is 2. The average molecular weight is 412 g/mol. The Bertz CT molecular complexity index is 862. The van der Waals surface area contributed by atoms with Crippen molar-refractivity contribution in [1.29, 1.82) is 0 Å². The summed E-state index contributed by atoms with van der Waals surface area (Å²) in [6.45, 7) is 0. The molecule has 1 aromatic carbocycles. The molecule has 2 aromatic rings. The van der Waals surface area contributed by atoms with Crippen LogP contribution in [0.1, 0.15) is 5.76 Å². The lowest BCUT2D eigenvalue weighted by molar-refractivity contribution is -0.122. The van der Waals surface area contributed by atoms with Crippen LogP contribution in [0.3, 0.4) is 0 Å². The Labute approximate surface area is 150 Å². The number of hydrogen-bond donors (Lipinski definition) is 1. The van der Waals surface area contributed by atoms with Crippen molar-refractivity contribution >= 4 is 68.4 Å². The molecule has 0 unspecified atom stereocenters. The predicted octanol–water partition coefficient (Wildman–Crippen LogP) is 3.53. The number of furan rings is 1. The summed E-state index contributed by atoms with van der Waals surface area (Å²) in [4.78, 5) is 26.0. The van der Waals surface area contributed by atoms with Gasteiger partial charge in [0.1, 0.15) is 11.3 Å². The highest BCUT2D eigenvalue weighted by Crippen LogP contribution is 2.25. The minimum Gasteiger partial charge on any atom is -0.450 e. The van der Waals surface area contributed by atoms with Crippen LogP contribution in [0.25, 0.3) is 6.08 Å². The van der Waals surface area contributed by atoms with Gasteiger partial charge in [-0.1, -0.05) is 17.7 Å². The van der Waals surface area contributed by atoms with Gasteiger partial charge in [0.2, 0.25) is 0 Å². The van der Waals surface area contributed by atoms with E-state index in [2.05, 4.69) is 21.2 Å². The molecule has 2 amide bonds. The van der Waals surface area contributed by atoms with Gasteiger partial charge in [-0.15, -0.1) is 0 Å². The SMILES string of the molecule is O=C1NC(=S)N(c2cccc(Cl)c2)C(=O)/C1=C/c1ccc(Br)o1. The third-order valence-electron chi connectivity index (χ3n) is 3.05.